The molecular formula is C15H25N3O. The molecule has 0 amide bonds. The fraction of sp³-hybridized carbons (Fsp3) is 0.667. The van der Waals surface area contributed by atoms with Crippen LogP contribution < -0.4 is 5.32 Å². The second kappa shape index (κ2) is 7.32. The van der Waals surface area contributed by atoms with E-state index in [0.717, 1.165) is 25.5 Å². The molecule has 4 nitrogen and oxygen atoms in total. The van der Waals surface area contributed by atoms with Crippen LogP contribution in [0.25, 0.3) is 0 Å². The standard InChI is InChI=1S/C15H25N3O/c1-6-19-10-15(11(2)3)17-9-13-7-14(8-16)18(5)12(13)4/h7,11,15,17H,6,9-10H2,1-5H3. The van der Waals surface area contributed by atoms with Crippen molar-refractivity contribution >= 4 is 0 Å². The molecule has 1 unspecified atom stereocenters. The van der Waals surface area contributed by atoms with E-state index in [4.69, 9.17) is 10.00 Å². The Labute approximate surface area is 116 Å². The lowest BCUT2D eigenvalue weighted by atomic mass is 10.0. The average molecular weight is 263 g/mol. The summed E-state index contributed by atoms with van der Waals surface area (Å²) in [5.41, 5.74) is 3.03. The van der Waals surface area contributed by atoms with Crippen LogP contribution in [0.3, 0.4) is 0 Å². The number of nitrogens with zero attached hydrogens (tertiary/aromatic N) is 2. The Morgan fingerprint density at radius 3 is 2.63 bits per heavy atom. The molecule has 0 aliphatic carbocycles. The van der Waals surface area contributed by atoms with Crippen LogP contribution in [-0.4, -0.2) is 23.8 Å². The van der Waals surface area contributed by atoms with Gasteiger partial charge in [0.2, 0.25) is 0 Å². The number of rotatable bonds is 7. The maximum Gasteiger partial charge on any atom is 0.120 e. The van der Waals surface area contributed by atoms with Gasteiger partial charge < -0.3 is 14.6 Å². The summed E-state index contributed by atoms with van der Waals surface area (Å²) in [7, 11) is 1.93. The van der Waals surface area contributed by atoms with Crippen molar-refractivity contribution in [2.24, 2.45) is 13.0 Å². The lowest BCUT2D eigenvalue weighted by Crippen LogP contribution is -2.37. The van der Waals surface area contributed by atoms with Crippen molar-refractivity contribution in [3.05, 3.63) is 23.0 Å². The van der Waals surface area contributed by atoms with Crippen LogP contribution in [0.4, 0.5) is 0 Å². The number of nitriles is 1. The molecule has 106 valence electrons. The van der Waals surface area contributed by atoms with Gasteiger partial charge in [0.1, 0.15) is 11.8 Å². The molecule has 0 aliphatic heterocycles. The van der Waals surface area contributed by atoms with Crippen LogP contribution in [0.15, 0.2) is 6.07 Å². The van der Waals surface area contributed by atoms with Crippen LogP contribution in [0.1, 0.15) is 37.7 Å². The Bertz CT molecular complexity index is 443. The molecule has 0 fully saturated rings. The first kappa shape index (κ1) is 15.7. The minimum Gasteiger partial charge on any atom is -0.380 e. The third-order valence-corrected chi connectivity index (χ3v) is 3.62. The zero-order valence-electron chi connectivity index (χ0n) is 12.7. The van der Waals surface area contributed by atoms with Crippen molar-refractivity contribution in [3.63, 3.8) is 0 Å². The van der Waals surface area contributed by atoms with Gasteiger partial charge in [-0.05, 0) is 31.4 Å². The van der Waals surface area contributed by atoms with Gasteiger partial charge in [-0.3, -0.25) is 0 Å². The van der Waals surface area contributed by atoms with Crippen molar-refractivity contribution in [2.75, 3.05) is 13.2 Å². The van der Waals surface area contributed by atoms with E-state index in [1.165, 1.54) is 5.56 Å². The Balaban J connectivity index is 2.67. The molecule has 0 radical (unpaired) electrons. The quantitative estimate of drug-likeness (QED) is 0.821. The van der Waals surface area contributed by atoms with E-state index in [9.17, 15) is 0 Å². The van der Waals surface area contributed by atoms with E-state index in [1.54, 1.807) is 0 Å². The highest BCUT2D eigenvalue weighted by Gasteiger charge is 2.15. The van der Waals surface area contributed by atoms with E-state index in [-0.39, 0.29) is 0 Å². The third-order valence-electron chi connectivity index (χ3n) is 3.62. The van der Waals surface area contributed by atoms with E-state index < -0.39 is 0 Å². The fourth-order valence-electron chi connectivity index (χ4n) is 2.02. The van der Waals surface area contributed by atoms with E-state index in [1.807, 2.05) is 31.5 Å². The Morgan fingerprint density at radius 1 is 1.47 bits per heavy atom. The molecule has 4 heteroatoms. The molecule has 1 heterocycles. The van der Waals surface area contributed by atoms with Gasteiger partial charge in [-0.25, -0.2) is 0 Å². The van der Waals surface area contributed by atoms with Crippen molar-refractivity contribution in [1.82, 2.24) is 9.88 Å². The fourth-order valence-corrected chi connectivity index (χ4v) is 2.02. The summed E-state index contributed by atoms with van der Waals surface area (Å²) >= 11 is 0. The van der Waals surface area contributed by atoms with Crippen molar-refractivity contribution in [2.45, 2.75) is 40.3 Å². The maximum absolute atomic E-state index is 9.03. The van der Waals surface area contributed by atoms with Crippen molar-refractivity contribution in [1.29, 1.82) is 5.26 Å². The van der Waals surface area contributed by atoms with Crippen LogP contribution in [-0.2, 0) is 18.3 Å². The van der Waals surface area contributed by atoms with Crippen molar-refractivity contribution in [3.8, 4) is 6.07 Å². The summed E-state index contributed by atoms with van der Waals surface area (Å²) in [4.78, 5) is 0. The minimum absolute atomic E-state index is 0.338. The first-order chi connectivity index (χ1) is 9.01. The summed E-state index contributed by atoms with van der Waals surface area (Å²) < 4.78 is 7.44. The van der Waals surface area contributed by atoms with Crippen LogP contribution in [0, 0.1) is 24.2 Å². The van der Waals surface area contributed by atoms with Crippen LogP contribution in [0.2, 0.25) is 0 Å². The average Bonchev–Trinajstić information content (AvgIpc) is 2.66. The van der Waals surface area contributed by atoms with Gasteiger partial charge in [-0.1, -0.05) is 13.8 Å². The molecule has 1 rings (SSSR count). The highest BCUT2D eigenvalue weighted by atomic mass is 16.5. The summed E-state index contributed by atoms with van der Waals surface area (Å²) in [6.45, 7) is 10.7. The Morgan fingerprint density at radius 2 is 2.16 bits per heavy atom. The first-order valence-corrected chi connectivity index (χ1v) is 6.87. The molecule has 0 aliphatic rings. The number of aromatic nitrogens is 1. The number of ether oxygens (including phenoxy) is 1. The second-order valence-corrected chi connectivity index (χ2v) is 5.20. The zero-order valence-corrected chi connectivity index (χ0v) is 12.7. The van der Waals surface area contributed by atoms with Crippen LogP contribution in [0.5, 0.6) is 0 Å². The van der Waals surface area contributed by atoms with Gasteiger partial charge >= 0.3 is 0 Å². The molecule has 0 aromatic carbocycles. The van der Waals surface area contributed by atoms with E-state index in [0.29, 0.717) is 17.7 Å². The van der Waals surface area contributed by atoms with Gasteiger partial charge in [0.05, 0.1) is 6.61 Å². The number of nitrogens with one attached hydrogen (secondary N) is 1. The highest BCUT2D eigenvalue weighted by molar-refractivity contribution is 5.34. The highest BCUT2D eigenvalue weighted by Crippen LogP contribution is 2.14. The van der Waals surface area contributed by atoms with Gasteiger partial charge in [0.25, 0.3) is 0 Å². The molecule has 1 atom stereocenters. The largest absolute Gasteiger partial charge is 0.380 e. The predicted molar refractivity (Wildman–Crippen MR) is 76.8 cm³/mol. The molecule has 1 aromatic rings. The lowest BCUT2D eigenvalue weighted by molar-refractivity contribution is 0.108. The number of hydrogen-bond donors (Lipinski definition) is 1. The topological polar surface area (TPSA) is 50.0 Å². The van der Waals surface area contributed by atoms with Gasteiger partial charge in [0.15, 0.2) is 0 Å². The second-order valence-electron chi connectivity index (χ2n) is 5.20. The van der Waals surface area contributed by atoms with Crippen LogP contribution >= 0.6 is 0 Å². The van der Waals surface area contributed by atoms with E-state index in [2.05, 4.69) is 25.2 Å². The molecule has 0 spiro atoms. The van der Waals surface area contributed by atoms with Crippen molar-refractivity contribution < 1.29 is 4.74 Å². The smallest absolute Gasteiger partial charge is 0.120 e. The molecule has 1 N–H and O–H groups in total. The number of hydrogen-bond acceptors (Lipinski definition) is 3. The molecule has 19 heavy (non-hydrogen) atoms. The maximum atomic E-state index is 9.03. The monoisotopic (exact) mass is 263 g/mol. The zero-order chi connectivity index (χ0) is 14.4. The first-order valence-electron chi connectivity index (χ1n) is 6.87. The molecule has 0 bridgehead atoms. The summed E-state index contributed by atoms with van der Waals surface area (Å²) in [6, 6.07) is 4.51. The van der Waals surface area contributed by atoms with E-state index >= 15 is 0 Å². The van der Waals surface area contributed by atoms with Gasteiger partial charge in [0, 0.05) is 31.9 Å². The lowest BCUT2D eigenvalue weighted by Gasteiger charge is -2.22. The Hall–Kier alpha value is -1.31. The van der Waals surface area contributed by atoms with Gasteiger partial charge in [-0.2, -0.15) is 5.26 Å². The molecule has 0 saturated carbocycles. The van der Waals surface area contributed by atoms with Gasteiger partial charge in [-0.15, -0.1) is 0 Å². The summed E-state index contributed by atoms with van der Waals surface area (Å²) in [5, 5.41) is 12.6. The molecule has 1 aromatic heterocycles. The minimum atomic E-state index is 0.338. The molecular weight excluding hydrogens is 238 g/mol. The third kappa shape index (κ3) is 4.09. The normalized spacial score (nSPS) is 12.7. The SMILES string of the molecule is CCOCC(NCc1cc(C#N)n(C)c1C)C(C)C. The summed E-state index contributed by atoms with van der Waals surface area (Å²) in [6.07, 6.45) is 0. The molecule has 0 saturated heterocycles. The predicted octanol–water partition coefficient (Wildman–Crippen LogP) is 2.36. The summed E-state index contributed by atoms with van der Waals surface area (Å²) in [5.74, 6) is 0.519. The Kier molecular flexibility index (Phi) is 6.07.